The highest BCUT2D eigenvalue weighted by atomic mass is 15.3. The Balaban J connectivity index is 1.69. The van der Waals surface area contributed by atoms with Crippen LogP contribution in [0.25, 0.3) is 5.65 Å². The van der Waals surface area contributed by atoms with E-state index >= 15 is 0 Å². The van der Waals surface area contributed by atoms with Crippen LogP contribution in [0.5, 0.6) is 0 Å². The van der Waals surface area contributed by atoms with E-state index in [1.807, 2.05) is 24.4 Å². The second-order valence-electron chi connectivity index (χ2n) is 6.81. The first kappa shape index (κ1) is 13.6. The standard InChI is InChI=1S/C16H24N4/c1-12(17-13-7-9-16(2,3)10-8-13)15-19-18-14-6-4-5-11-20(14)15/h4-6,11-13,17H,7-10H2,1-3H3. The molecule has 2 aromatic heterocycles. The molecule has 0 aliphatic heterocycles. The van der Waals surface area contributed by atoms with Crippen molar-refractivity contribution in [3.05, 3.63) is 30.2 Å². The van der Waals surface area contributed by atoms with Gasteiger partial charge in [-0.25, -0.2) is 0 Å². The van der Waals surface area contributed by atoms with E-state index in [0.29, 0.717) is 11.5 Å². The molecule has 1 aliphatic rings. The molecule has 0 aromatic carbocycles. The third-order valence-corrected chi connectivity index (χ3v) is 4.55. The SMILES string of the molecule is CC(NC1CCC(C)(C)CC1)c1nnc2ccccn12. The van der Waals surface area contributed by atoms with Gasteiger partial charge in [0.2, 0.25) is 0 Å². The Bertz CT molecular complexity index is 577. The fraction of sp³-hybridized carbons (Fsp3) is 0.625. The highest BCUT2D eigenvalue weighted by Crippen LogP contribution is 2.35. The second kappa shape index (κ2) is 5.17. The molecule has 20 heavy (non-hydrogen) atoms. The zero-order valence-corrected chi connectivity index (χ0v) is 12.6. The van der Waals surface area contributed by atoms with Gasteiger partial charge in [-0.3, -0.25) is 4.40 Å². The lowest BCUT2D eigenvalue weighted by Crippen LogP contribution is -2.37. The third kappa shape index (κ3) is 2.70. The van der Waals surface area contributed by atoms with Gasteiger partial charge in [0.05, 0.1) is 6.04 Å². The summed E-state index contributed by atoms with van der Waals surface area (Å²) in [4.78, 5) is 0. The van der Waals surface area contributed by atoms with Gasteiger partial charge in [-0.05, 0) is 50.2 Å². The van der Waals surface area contributed by atoms with E-state index in [1.54, 1.807) is 0 Å². The van der Waals surface area contributed by atoms with Crippen molar-refractivity contribution in [1.82, 2.24) is 19.9 Å². The van der Waals surface area contributed by atoms with Gasteiger partial charge in [0.25, 0.3) is 0 Å². The molecule has 2 heterocycles. The number of rotatable bonds is 3. The van der Waals surface area contributed by atoms with Gasteiger partial charge in [-0.1, -0.05) is 19.9 Å². The first-order valence-electron chi connectivity index (χ1n) is 7.61. The quantitative estimate of drug-likeness (QED) is 0.931. The number of pyridine rings is 1. The van der Waals surface area contributed by atoms with Crippen LogP contribution in [0, 0.1) is 5.41 Å². The van der Waals surface area contributed by atoms with Crippen molar-refractivity contribution in [1.29, 1.82) is 0 Å². The van der Waals surface area contributed by atoms with Crippen molar-refractivity contribution < 1.29 is 0 Å². The summed E-state index contributed by atoms with van der Waals surface area (Å²) in [5.41, 5.74) is 1.43. The molecular weight excluding hydrogens is 248 g/mol. The molecule has 1 N–H and O–H groups in total. The first-order valence-corrected chi connectivity index (χ1v) is 7.61. The van der Waals surface area contributed by atoms with Gasteiger partial charge in [0, 0.05) is 12.2 Å². The van der Waals surface area contributed by atoms with Crippen molar-refractivity contribution in [2.75, 3.05) is 0 Å². The van der Waals surface area contributed by atoms with E-state index in [0.717, 1.165) is 11.5 Å². The van der Waals surface area contributed by atoms with Gasteiger partial charge in [0.15, 0.2) is 11.5 Å². The lowest BCUT2D eigenvalue weighted by molar-refractivity contribution is 0.199. The fourth-order valence-electron chi connectivity index (χ4n) is 3.15. The maximum Gasteiger partial charge on any atom is 0.160 e. The number of nitrogens with one attached hydrogen (secondary N) is 1. The van der Waals surface area contributed by atoms with Crippen LogP contribution in [0.1, 0.15) is 58.3 Å². The molecule has 4 nitrogen and oxygen atoms in total. The molecule has 0 radical (unpaired) electrons. The number of nitrogens with zero attached hydrogens (tertiary/aromatic N) is 3. The Morgan fingerprint density at radius 3 is 2.75 bits per heavy atom. The van der Waals surface area contributed by atoms with Crippen molar-refractivity contribution in [2.24, 2.45) is 5.41 Å². The molecular formula is C16H24N4. The van der Waals surface area contributed by atoms with E-state index in [9.17, 15) is 0 Å². The van der Waals surface area contributed by atoms with Gasteiger partial charge in [-0.15, -0.1) is 10.2 Å². The summed E-state index contributed by atoms with van der Waals surface area (Å²) in [5, 5.41) is 12.3. The summed E-state index contributed by atoms with van der Waals surface area (Å²) >= 11 is 0. The molecule has 2 aromatic rings. The topological polar surface area (TPSA) is 42.2 Å². The highest BCUT2D eigenvalue weighted by molar-refractivity contribution is 5.37. The molecule has 0 amide bonds. The summed E-state index contributed by atoms with van der Waals surface area (Å²) in [6.07, 6.45) is 7.16. The van der Waals surface area contributed by atoms with Crippen molar-refractivity contribution in [2.45, 2.75) is 58.5 Å². The van der Waals surface area contributed by atoms with Crippen LogP contribution in [0.4, 0.5) is 0 Å². The molecule has 4 heteroatoms. The van der Waals surface area contributed by atoms with E-state index in [1.165, 1.54) is 25.7 Å². The molecule has 1 fully saturated rings. The van der Waals surface area contributed by atoms with E-state index in [2.05, 4.69) is 40.7 Å². The second-order valence-corrected chi connectivity index (χ2v) is 6.81. The Kier molecular flexibility index (Phi) is 3.50. The van der Waals surface area contributed by atoms with Crippen molar-refractivity contribution >= 4 is 5.65 Å². The molecule has 1 saturated carbocycles. The maximum atomic E-state index is 4.34. The molecule has 1 atom stereocenters. The van der Waals surface area contributed by atoms with Gasteiger partial charge >= 0.3 is 0 Å². The number of fused-ring (bicyclic) bond motifs is 1. The summed E-state index contributed by atoms with van der Waals surface area (Å²) in [5.74, 6) is 1.01. The van der Waals surface area contributed by atoms with E-state index in [4.69, 9.17) is 0 Å². The van der Waals surface area contributed by atoms with Crippen LogP contribution in [-0.4, -0.2) is 20.6 Å². The molecule has 108 valence electrons. The summed E-state index contributed by atoms with van der Waals surface area (Å²) < 4.78 is 2.07. The normalized spacial score (nSPS) is 21.1. The number of aromatic nitrogens is 3. The molecule has 0 spiro atoms. The smallest absolute Gasteiger partial charge is 0.160 e. The zero-order chi connectivity index (χ0) is 14.2. The van der Waals surface area contributed by atoms with Crippen LogP contribution in [0.2, 0.25) is 0 Å². The average Bonchev–Trinajstić information content (AvgIpc) is 2.85. The van der Waals surface area contributed by atoms with Crippen LogP contribution in [0.3, 0.4) is 0 Å². The molecule has 1 unspecified atom stereocenters. The van der Waals surface area contributed by atoms with Crippen molar-refractivity contribution in [3.63, 3.8) is 0 Å². The van der Waals surface area contributed by atoms with E-state index in [-0.39, 0.29) is 6.04 Å². The highest BCUT2D eigenvalue weighted by Gasteiger charge is 2.28. The minimum atomic E-state index is 0.235. The van der Waals surface area contributed by atoms with Gasteiger partial charge in [0.1, 0.15) is 0 Å². The van der Waals surface area contributed by atoms with Crippen molar-refractivity contribution in [3.8, 4) is 0 Å². The largest absolute Gasteiger partial charge is 0.305 e. The fourth-order valence-corrected chi connectivity index (χ4v) is 3.15. The van der Waals surface area contributed by atoms with Gasteiger partial charge in [-0.2, -0.15) is 0 Å². The minimum Gasteiger partial charge on any atom is -0.305 e. The average molecular weight is 272 g/mol. The molecule has 3 rings (SSSR count). The first-order chi connectivity index (χ1) is 9.55. The summed E-state index contributed by atoms with van der Waals surface area (Å²) in [6.45, 7) is 6.93. The molecule has 0 saturated heterocycles. The molecule has 0 bridgehead atoms. The maximum absolute atomic E-state index is 4.34. The van der Waals surface area contributed by atoms with Gasteiger partial charge < -0.3 is 5.32 Å². The van der Waals surface area contributed by atoms with Crippen LogP contribution < -0.4 is 5.32 Å². The number of hydrogen-bond acceptors (Lipinski definition) is 3. The number of hydrogen-bond donors (Lipinski definition) is 1. The monoisotopic (exact) mass is 272 g/mol. The Morgan fingerprint density at radius 2 is 2.00 bits per heavy atom. The lowest BCUT2D eigenvalue weighted by atomic mass is 9.75. The van der Waals surface area contributed by atoms with Crippen LogP contribution in [-0.2, 0) is 0 Å². The predicted octanol–water partition coefficient (Wildman–Crippen LogP) is 3.35. The predicted molar refractivity (Wildman–Crippen MR) is 80.6 cm³/mol. The van der Waals surface area contributed by atoms with Crippen LogP contribution >= 0.6 is 0 Å². The third-order valence-electron chi connectivity index (χ3n) is 4.55. The Hall–Kier alpha value is -1.42. The summed E-state index contributed by atoms with van der Waals surface area (Å²) in [6, 6.07) is 6.85. The molecule has 1 aliphatic carbocycles. The zero-order valence-electron chi connectivity index (χ0n) is 12.6. The lowest BCUT2D eigenvalue weighted by Gasteiger charge is -2.35. The van der Waals surface area contributed by atoms with E-state index < -0.39 is 0 Å². The van der Waals surface area contributed by atoms with Crippen LogP contribution in [0.15, 0.2) is 24.4 Å². The Labute approximate surface area is 120 Å². The summed E-state index contributed by atoms with van der Waals surface area (Å²) in [7, 11) is 0. The minimum absolute atomic E-state index is 0.235. The Morgan fingerprint density at radius 1 is 1.25 bits per heavy atom.